The highest BCUT2D eigenvalue weighted by atomic mass is 35.5. The molecule has 1 aromatic rings. The van der Waals surface area contributed by atoms with E-state index in [1.165, 1.54) is 0 Å². The zero-order valence-corrected chi connectivity index (χ0v) is 13.6. The number of piperazine rings is 1. The average molecular weight is 313 g/mol. The predicted molar refractivity (Wildman–Crippen MR) is 81.7 cm³/mol. The molecule has 21 heavy (non-hydrogen) atoms. The first kappa shape index (κ1) is 15.8. The molecule has 0 aromatic carbocycles. The van der Waals surface area contributed by atoms with E-state index in [9.17, 15) is 4.79 Å². The third-order valence-electron chi connectivity index (χ3n) is 3.18. The summed E-state index contributed by atoms with van der Waals surface area (Å²) in [6.45, 7) is 9.53. The van der Waals surface area contributed by atoms with Crippen LogP contribution in [0.5, 0.6) is 0 Å². The van der Waals surface area contributed by atoms with Crippen molar-refractivity contribution in [3.8, 4) is 0 Å². The topological polar surface area (TPSA) is 58.6 Å². The van der Waals surface area contributed by atoms with Crippen molar-refractivity contribution in [3.63, 3.8) is 0 Å². The second kappa shape index (κ2) is 6.05. The molecule has 0 aliphatic carbocycles. The molecule has 0 saturated carbocycles. The van der Waals surface area contributed by atoms with Crippen molar-refractivity contribution in [2.75, 3.05) is 24.5 Å². The van der Waals surface area contributed by atoms with Crippen molar-refractivity contribution in [1.82, 2.24) is 14.9 Å². The maximum atomic E-state index is 12.1. The molecule has 7 heteroatoms. The minimum Gasteiger partial charge on any atom is -0.444 e. The number of hydrogen-bond donors (Lipinski definition) is 0. The third-order valence-corrected chi connectivity index (χ3v) is 3.37. The van der Waals surface area contributed by atoms with Crippen LogP contribution in [0.3, 0.4) is 0 Å². The van der Waals surface area contributed by atoms with Crippen LogP contribution >= 0.6 is 11.6 Å². The molecule has 6 nitrogen and oxygen atoms in total. The molecular formula is C14H21ClN4O2. The summed E-state index contributed by atoms with van der Waals surface area (Å²) in [6.07, 6.45) is 1.37. The van der Waals surface area contributed by atoms with Gasteiger partial charge in [-0.2, -0.15) is 0 Å². The molecule has 0 spiro atoms. The van der Waals surface area contributed by atoms with Crippen LogP contribution in [0.4, 0.5) is 10.6 Å². The van der Waals surface area contributed by atoms with E-state index in [1.54, 1.807) is 11.1 Å². The van der Waals surface area contributed by atoms with Gasteiger partial charge in [-0.05, 0) is 45.4 Å². The first-order valence-corrected chi connectivity index (χ1v) is 7.37. The van der Waals surface area contributed by atoms with Crippen LogP contribution in [-0.4, -0.2) is 52.2 Å². The lowest BCUT2D eigenvalue weighted by Crippen LogP contribution is -2.54. The average Bonchev–Trinajstić information content (AvgIpc) is 2.36. The number of hydrogen-bond acceptors (Lipinski definition) is 5. The van der Waals surface area contributed by atoms with Crippen LogP contribution in [0, 0.1) is 0 Å². The number of aromatic nitrogens is 2. The second-order valence-corrected chi connectivity index (χ2v) is 6.49. The van der Waals surface area contributed by atoms with Gasteiger partial charge in [0.05, 0.1) is 0 Å². The number of ether oxygens (including phenoxy) is 1. The van der Waals surface area contributed by atoms with Gasteiger partial charge < -0.3 is 14.5 Å². The van der Waals surface area contributed by atoms with Gasteiger partial charge in [0.15, 0.2) is 0 Å². The highest BCUT2D eigenvalue weighted by molar-refractivity contribution is 6.28. The molecule has 2 rings (SSSR count). The van der Waals surface area contributed by atoms with E-state index in [-0.39, 0.29) is 17.4 Å². The van der Waals surface area contributed by atoms with Gasteiger partial charge in [0.2, 0.25) is 5.28 Å². The summed E-state index contributed by atoms with van der Waals surface area (Å²) in [5.41, 5.74) is -0.475. The molecule has 0 N–H and O–H groups in total. The Morgan fingerprint density at radius 1 is 1.43 bits per heavy atom. The van der Waals surface area contributed by atoms with E-state index in [4.69, 9.17) is 16.3 Å². The minimum atomic E-state index is -0.475. The summed E-state index contributed by atoms with van der Waals surface area (Å²) in [4.78, 5) is 24.1. The summed E-state index contributed by atoms with van der Waals surface area (Å²) in [7, 11) is 0. The first-order chi connectivity index (χ1) is 9.76. The maximum Gasteiger partial charge on any atom is 0.410 e. The van der Waals surface area contributed by atoms with E-state index in [0.717, 1.165) is 5.82 Å². The molecular weight excluding hydrogens is 292 g/mol. The lowest BCUT2D eigenvalue weighted by Gasteiger charge is -2.40. The van der Waals surface area contributed by atoms with Gasteiger partial charge in [-0.1, -0.05) is 0 Å². The predicted octanol–water partition coefficient (Wildman–Crippen LogP) is 2.58. The number of halogens is 1. The molecule has 116 valence electrons. The summed E-state index contributed by atoms with van der Waals surface area (Å²) in [5, 5.41) is 0.231. The zero-order chi connectivity index (χ0) is 15.6. The van der Waals surface area contributed by atoms with Crippen LogP contribution in [0.15, 0.2) is 12.3 Å². The third kappa shape index (κ3) is 4.20. The van der Waals surface area contributed by atoms with Crippen LogP contribution in [-0.2, 0) is 4.74 Å². The molecule has 1 amide bonds. The van der Waals surface area contributed by atoms with Crippen molar-refractivity contribution < 1.29 is 9.53 Å². The summed E-state index contributed by atoms with van der Waals surface area (Å²) in [5.74, 6) is 0.784. The lowest BCUT2D eigenvalue weighted by atomic mass is 10.2. The fourth-order valence-corrected chi connectivity index (χ4v) is 2.42. The largest absolute Gasteiger partial charge is 0.444 e. The van der Waals surface area contributed by atoms with E-state index < -0.39 is 5.60 Å². The van der Waals surface area contributed by atoms with Crippen molar-refractivity contribution >= 4 is 23.5 Å². The van der Waals surface area contributed by atoms with Gasteiger partial charge in [0.25, 0.3) is 0 Å². The summed E-state index contributed by atoms with van der Waals surface area (Å²) >= 11 is 5.83. The number of amides is 1. The number of rotatable bonds is 1. The van der Waals surface area contributed by atoms with Gasteiger partial charge >= 0.3 is 6.09 Å². The Kier molecular flexibility index (Phi) is 4.56. The van der Waals surface area contributed by atoms with E-state index >= 15 is 0 Å². The molecule has 1 fully saturated rings. The van der Waals surface area contributed by atoms with Crippen molar-refractivity contribution in [3.05, 3.63) is 17.5 Å². The fraction of sp³-hybridized carbons (Fsp3) is 0.643. The second-order valence-electron chi connectivity index (χ2n) is 6.15. The number of nitrogens with zero attached hydrogens (tertiary/aromatic N) is 4. The number of carbonyl (C=O) groups excluding carboxylic acids is 1. The quantitative estimate of drug-likeness (QED) is 0.746. The van der Waals surface area contributed by atoms with Crippen LogP contribution in [0.1, 0.15) is 27.7 Å². The first-order valence-electron chi connectivity index (χ1n) is 6.99. The molecule has 1 aliphatic rings. The minimum absolute atomic E-state index is 0.136. The molecule has 0 radical (unpaired) electrons. The van der Waals surface area contributed by atoms with Crippen LogP contribution in [0.25, 0.3) is 0 Å². The highest BCUT2D eigenvalue weighted by Crippen LogP contribution is 2.20. The van der Waals surface area contributed by atoms with Crippen molar-refractivity contribution in [2.45, 2.75) is 39.3 Å². The smallest absolute Gasteiger partial charge is 0.410 e. The summed E-state index contributed by atoms with van der Waals surface area (Å²) < 4.78 is 5.41. The zero-order valence-electron chi connectivity index (χ0n) is 12.8. The molecule has 2 heterocycles. The normalized spacial score (nSPS) is 19.6. The van der Waals surface area contributed by atoms with E-state index in [1.807, 2.05) is 33.8 Å². The lowest BCUT2D eigenvalue weighted by molar-refractivity contribution is 0.0218. The standard InChI is InChI=1S/C14H21ClN4O2/c1-10-9-18(13(20)21-14(2,3)4)7-8-19(10)11-5-6-16-12(15)17-11/h5-6,10H,7-9H2,1-4H3/t10-/m0/s1. The molecule has 1 aromatic heterocycles. The Bertz CT molecular complexity index is 518. The number of carbonyl (C=O) groups is 1. The Hall–Kier alpha value is -1.56. The maximum absolute atomic E-state index is 12.1. The van der Waals surface area contributed by atoms with Crippen molar-refractivity contribution in [1.29, 1.82) is 0 Å². The highest BCUT2D eigenvalue weighted by Gasteiger charge is 2.30. The Morgan fingerprint density at radius 2 is 2.14 bits per heavy atom. The van der Waals surface area contributed by atoms with E-state index in [2.05, 4.69) is 14.9 Å². The SMILES string of the molecule is C[C@H]1CN(C(=O)OC(C)(C)C)CCN1c1ccnc(Cl)n1. The van der Waals surface area contributed by atoms with Gasteiger partial charge in [-0.25, -0.2) is 14.8 Å². The van der Waals surface area contributed by atoms with Gasteiger partial charge in [-0.15, -0.1) is 0 Å². The fourth-order valence-electron chi connectivity index (χ4n) is 2.28. The molecule has 0 bridgehead atoms. The number of anilines is 1. The molecule has 0 unspecified atom stereocenters. The monoisotopic (exact) mass is 312 g/mol. The van der Waals surface area contributed by atoms with E-state index in [0.29, 0.717) is 19.6 Å². The van der Waals surface area contributed by atoms with Crippen molar-refractivity contribution in [2.24, 2.45) is 0 Å². The Morgan fingerprint density at radius 3 is 2.71 bits per heavy atom. The van der Waals surface area contributed by atoms with Gasteiger partial charge in [0, 0.05) is 31.9 Å². The Labute approximate surface area is 130 Å². The van der Waals surface area contributed by atoms with Crippen LogP contribution in [0.2, 0.25) is 5.28 Å². The molecule has 1 saturated heterocycles. The molecule has 1 aliphatic heterocycles. The van der Waals surface area contributed by atoms with Gasteiger partial charge in [0.1, 0.15) is 11.4 Å². The molecule has 1 atom stereocenters. The summed E-state index contributed by atoms with van der Waals surface area (Å²) in [6, 6.07) is 1.96. The van der Waals surface area contributed by atoms with Gasteiger partial charge in [-0.3, -0.25) is 0 Å². The van der Waals surface area contributed by atoms with Crippen LogP contribution < -0.4 is 4.90 Å². The Balaban J connectivity index is 2.01.